The third kappa shape index (κ3) is 2.34. The van der Waals surface area contributed by atoms with Crippen LogP contribution in [0.5, 0.6) is 0 Å². The number of halogens is 2. The van der Waals surface area contributed by atoms with Crippen molar-refractivity contribution in [2.45, 2.75) is 19.8 Å². The Labute approximate surface area is 146 Å². The van der Waals surface area contributed by atoms with Crippen LogP contribution in [0.3, 0.4) is 0 Å². The average Bonchev–Trinajstić information content (AvgIpc) is 3.08. The predicted molar refractivity (Wildman–Crippen MR) is 99.7 cm³/mol. The van der Waals surface area contributed by atoms with Gasteiger partial charge in [0.15, 0.2) is 0 Å². The van der Waals surface area contributed by atoms with Crippen molar-refractivity contribution in [3.8, 4) is 5.69 Å². The van der Waals surface area contributed by atoms with Gasteiger partial charge in [-0.3, -0.25) is 9.67 Å². The lowest BCUT2D eigenvalue weighted by Gasteiger charge is -2.05. The highest BCUT2D eigenvalue weighted by Crippen LogP contribution is 2.32. The van der Waals surface area contributed by atoms with E-state index in [1.165, 1.54) is 15.7 Å². The Balaban J connectivity index is 1.97. The molecule has 2 heterocycles. The third-order valence-corrected chi connectivity index (χ3v) is 5.20. The number of hydrogen-bond acceptors (Lipinski definition) is 1. The molecule has 23 heavy (non-hydrogen) atoms. The molecule has 0 saturated heterocycles. The van der Waals surface area contributed by atoms with Crippen LogP contribution in [-0.4, -0.2) is 14.8 Å². The van der Waals surface area contributed by atoms with Crippen LogP contribution >= 0.6 is 22.6 Å². The summed E-state index contributed by atoms with van der Waals surface area (Å²) in [5, 5.41) is 5.49. The minimum atomic E-state index is -0.232. The molecule has 5 heteroatoms. The zero-order chi connectivity index (χ0) is 16.1. The second-order valence-electron chi connectivity index (χ2n) is 5.98. The summed E-state index contributed by atoms with van der Waals surface area (Å²) in [6.07, 6.45) is 1.95. The molecule has 116 valence electrons. The van der Waals surface area contributed by atoms with Crippen molar-refractivity contribution in [3.63, 3.8) is 0 Å². The van der Waals surface area contributed by atoms with E-state index in [1.807, 2.05) is 10.9 Å². The Bertz CT molecular complexity index is 1010. The Kier molecular flexibility index (Phi) is 3.41. The summed E-state index contributed by atoms with van der Waals surface area (Å²) in [5.41, 5.74) is 4.13. The second kappa shape index (κ2) is 5.33. The minimum absolute atomic E-state index is 0.232. The van der Waals surface area contributed by atoms with Gasteiger partial charge in [-0.15, -0.1) is 0 Å². The number of nitrogens with one attached hydrogen (secondary N) is 1. The first-order valence-electron chi connectivity index (χ1n) is 7.49. The maximum Gasteiger partial charge on any atom is 0.123 e. The summed E-state index contributed by atoms with van der Waals surface area (Å²) < 4.78 is 16.3. The largest absolute Gasteiger partial charge is 0.300 e. The van der Waals surface area contributed by atoms with Crippen molar-refractivity contribution >= 4 is 44.4 Å². The van der Waals surface area contributed by atoms with E-state index in [0.717, 1.165) is 33.2 Å². The Morgan fingerprint density at radius 3 is 2.61 bits per heavy atom. The monoisotopic (exact) mass is 419 g/mol. The lowest BCUT2D eigenvalue weighted by Crippen LogP contribution is -1.95. The molecule has 2 aromatic heterocycles. The van der Waals surface area contributed by atoms with E-state index >= 15 is 0 Å². The molecule has 2 aromatic carbocycles. The van der Waals surface area contributed by atoms with Crippen LogP contribution in [0.1, 0.15) is 25.5 Å². The van der Waals surface area contributed by atoms with E-state index in [0.29, 0.717) is 5.92 Å². The van der Waals surface area contributed by atoms with E-state index in [9.17, 15) is 4.39 Å². The maximum atomic E-state index is 13.2. The zero-order valence-corrected chi connectivity index (χ0v) is 14.9. The van der Waals surface area contributed by atoms with Gasteiger partial charge in [0.25, 0.3) is 0 Å². The number of aromatic amines is 1. The van der Waals surface area contributed by atoms with E-state index in [2.05, 4.69) is 53.7 Å². The summed E-state index contributed by atoms with van der Waals surface area (Å²) >= 11 is 2.38. The number of rotatable bonds is 2. The highest BCUT2D eigenvalue weighted by molar-refractivity contribution is 14.1. The standard InChI is InChI=1S/C18H15FIN3/c1-10(2)18-17(20)14-8-16-11(7-15(14)22-18)9-21-23(16)13-5-3-12(19)4-6-13/h3-10,21H,1-2H3. The maximum absolute atomic E-state index is 13.2. The molecule has 0 atom stereocenters. The molecule has 0 spiro atoms. The Hall–Kier alpha value is -1.89. The van der Waals surface area contributed by atoms with Crippen LogP contribution in [0.4, 0.5) is 4.39 Å². The molecule has 0 aliphatic heterocycles. The first-order valence-corrected chi connectivity index (χ1v) is 8.57. The molecule has 0 amide bonds. The minimum Gasteiger partial charge on any atom is -0.300 e. The van der Waals surface area contributed by atoms with Crippen molar-refractivity contribution in [3.05, 3.63) is 57.7 Å². The highest BCUT2D eigenvalue weighted by atomic mass is 127. The number of nitrogens with zero attached hydrogens (tertiary/aromatic N) is 2. The van der Waals surface area contributed by atoms with Gasteiger partial charge < -0.3 is 5.10 Å². The van der Waals surface area contributed by atoms with E-state index in [-0.39, 0.29) is 5.82 Å². The number of H-pyrrole nitrogens is 1. The van der Waals surface area contributed by atoms with Gasteiger partial charge >= 0.3 is 0 Å². The van der Waals surface area contributed by atoms with Gasteiger partial charge in [0.05, 0.1) is 22.4 Å². The Morgan fingerprint density at radius 1 is 1.17 bits per heavy atom. The fourth-order valence-electron chi connectivity index (χ4n) is 2.88. The molecule has 0 bridgehead atoms. The molecule has 0 unspecified atom stereocenters. The lowest BCUT2D eigenvalue weighted by atomic mass is 10.1. The third-order valence-electron chi connectivity index (χ3n) is 4.07. The van der Waals surface area contributed by atoms with Gasteiger partial charge in [0, 0.05) is 20.5 Å². The fraction of sp³-hybridized carbons (Fsp3) is 0.167. The van der Waals surface area contributed by atoms with Gasteiger partial charge in [-0.25, -0.2) is 4.39 Å². The molecule has 3 nitrogen and oxygen atoms in total. The number of aromatic nitrogens is 3. The highest BCUT2D eigenvalue weighted by Gasteiger charge is 2.15. The van der Waals surface area contributed by atoms with Crippen molar-refractivity contribution in [2.24, 2.45) is 0 Å². The quantitative estimate of drug-likeness (QED) is 0.436. The topological polar surface area (TPSA) is 33.6 Å². The van der Waals surface area contributed by atoms with Crippen molar-refractivity contribution in [1.82, 2.24) is 14.8 Å². The smallest absolute Gasteiger partial charge is 0.123 e. The molecule has 0 saturated carbocycles. The first kappa shape index (κ1) is 14.7. The summed E-state index contributed by atoms with van der Waals surface area (Å²) in [7, 11) is 0. The van der Waals surface area contributed by atoms with Crippen molar-refractivity contribution in [1.29, 1.82) is 0 Å². The average molecular weight is 419 g/mol. The van der Waals surface area contributed by atoms with Crippen molar-refractivity contribution in [2.75, 3.05) is 0 Å². The number of fused-ring (bicyclic) bond motifs is 2. The SMILES string of the molecule is CC(C)c1nc2cc3c[nH]n(-c4ccc(F)cc4)c3cc2c1I. The lowest BCUT2D eigenvalue weighted by molar-refractivity contribution is 0.627. The summed E-state index contributed by atoms with van der Waals surface area (Å²) in [6.45, 7) is 4.32. The first-order chi connectivity index (χ1) is 11.0. The molecule has 0 aliphatic carbocycles. The molecule has 0 aliphatic rings. The van der Waals surface area contributed by atoms with Crippen LogP contribution < -0.4 is 0 Å². The normalized spacial score (nSPS) is 11.9. The molecule has 0 radical (unpaired) electrons. The molecular formula is C18H15FIN3. The van der Waals surface area contributed by atoms with E-state index in [4.69, 9.17) is 4.98 Å². The van der Waals surface area contributed by atoms with Crippen LogP contribution in [0, 0.1) is 9.39 Å². The van der Waals surface area contributed by atoms with Gasteiger partial charge in [-0.05, 0) is 64.9 Å². The number of hydrogen-bond donors (Lipinski definition) is 1. The van der Waals surface area contributed by atoms with Gasteiger partial charge in [0.1, 0.15) is 5.82 Å². The molecular weight excluding hydrogens is 404 g/mol. The van der Waals surface area contributed by atoms with Gasteiger partial charge in [-0.1, -0.05) is 13.8 Å². The van der Waals surface area contributed by atoms with Crippen molar-refractivity contribution < 1.29 is 4.39 Å². The van der Waals surface area contributed by atoms with Crippen LogP contribution in [0.25, 0.3) is 27.5 Å². The van der Waals surface area contributed by atoms with Crippen LogP contribution in [0.2, 0.25) is 0 Å². The summed E-state index contributed by atoms with van der Waals surface area (Å²) in [6, 6.07) is 10.7. The number of benzene rings is 2. The zero-order valence-electron chi connectivity index (χ0n) is 12.8. The summed E-state index contributed by atoms with van der Waals surface area (Å²) in [4.78, 5) is 4.78. The van der Waals surface area contributed by atoms with Gasteiger partial charge in [0.2, 0.25) is 0 Å². The predicted octanol–water partition coefficient (Wildman–Crippen LogP) is 5.37. The molecule has 1 N–H and O–H groups in total. The molecule has 0 fully saturated rings. The van der Waals surface area contributed by atoms with Crippen LogP contribution in [0.15, 0.2) is 42.6 Å². The van der Waals surface area contributed by atoms with E-state index < -0.39 is 0 Å². The fourth-order valence-corrected chi connectivity index (χ4v) is 4.05. The van der Waals surface area contributed by atoms with Crippen LogP contribution in [-0.2, 0) is 0 Å². The second-order valence-corrected chi connectivity index (χ2v) is 7.06. The van der Waals surface area contributed by atoms with E-state index in [1.54, 1.807) is 12.1 Å². The summed E-state index contributed by atoms with van der Waals surface area (Å²) in [5.74, 6) is 0.170. The molecule has 4 aromatic rings. The molecule has 4 rings (SSSR count). The van der Waals surface area contributed by atoms with Gasteiger partial charge in [-0.2, -0.15) is 0 Å². The Morgan fingerprint density at radius 2 is 1.91 bits per heavy atom.